The molecule has 1 aliphatic heterocycles. The van der Waals surface area contributed by atoms with Crippen molar-refractivity contribution in [1.29, 1.82) is 5.41 Å². The molecule has 2 aromatic rings. The monoisotopic (exact) mass is 298 g/mol. The average molecular weight is 298 g/mol. The molecular weight excluding hydrogens is 276 g/mol. The maximum Gasteiger partial charge on any atom is 0.120 e. The van der Waals surface area contributed by atoms with Crippen LogP contribution in [0.1, 0.15) is 24.2 Å². The van der Waals surface area contributed by atoms with Crippen LogP contribution in [-0.4, -0.2) is 40.2 Å². The third-order valence-corrected chi connectivity index (χ3v) is 4.05. The number of nitrogen functional groups attached to an aromatic ring is 1. The zero-order valence-electron chi connectivity index (χ0n) is 12.5. The standard InChI is InChI=1S/C16H22N6/c17-9-12-8-13(3-4-15(12)18)21-14-2-1-7-22(10-14)11-16-19-5-6-20-16/h3-6,8-9,14,17,21H,1-2,7,10-11,18H2,(H,19,20)/t14-/m0/s1. The molecule has 0 saturated carbocycles. The van der Waals surface area contributed by atoms with Crippen molar-refractivity contribution >= 4 is 17.6 Å². The first kappa shape index (κ1) is 14.6. The molecule has 22 heavy (non-hydrogen) atoms. The van der Waals surface area contributed by atoms with Crippen LogP contribution in [0.25, 0.3) is 0 Å². The summed E-state index contributed by atoms with van der Waals surface area (Å²) in [5, 5.41) is 11.0. The van der Waals surface area contributed by atoms with E-state index in [1.54, 1.807) is 6.20 Å². The van der Waals surface area contributed by atoms with Gasteiger partial charge in [0.15, 0.2) is 0 Å². The second-order valence-corrected chi connectivity index (χ2v) is 5.74. The van der Waals surface area contributed by atoms with E-state index in [0.717, 1.165) is 43.1 Å². The Bertz CT molecular complexity index is 622. The molecule has 0 amide bonds. The summed E-state index contributed by atoms with van der Waals surface area (Å²) in [5.41, 5.74) is 8.26. The fraction of sp³-hybridized carbons (Fsp3) is 0.375. The van der Waals surface area contributed by atoms with Crippen molar-refractivity contribution in [3.8, 4) is 0 Å². The van der Waals surface area contributed by atoms with Gasteiger partial charge in [-0.15, -0.1) is 0 Å². The number of aromatic amines is 1. The van der Waals surface area contributed by atoms with Crippen molar-refractivity contribution in [2.75, 3.05) is 24.1 Å². The Balaban J connectivity index is 1.61. The summed E-state index contributed by atoms with van der Waals surface area (Å²) in [6.45, 7) is 2.95. The Hall–Kier alpha value is -2.34. The van der Waals surface area contributed by atoms with Gasteiger partial charge < -0.3 is 21.4 Å². The number of imidazole rings is 1. The number of aromatic nitrogens is 2. The van der Waals surface area contributed by atoms with Crippen LogP contribution in [0, 0.1) is 5.41 Å². The fourth-order valence-electron chi connectivity index (χ4n) is 2.94. The van der Waals surface area contributed by atoms with E-state index in [2.05, 4.69) is 20.2 Å². The molecule has 1 aromatic heterocycles. The van der Waals surface area contributed by atoms with E-state index < -0.39 is 0 Å². The summed E-state index contributed by atoms with van der Waals surface area (Å²) >= 11 is 0. The molecule has 1 saturated heterocycles. The second-order valence-electron chi connectivity index (χ2n) is 5.74. The van der Waals surface area contributed by atoms with Gasteiger partial charge in [0.1, 0.15) is 5.82 Å². The first-order chi connectivity index (χ1) is 10.7. The van der Waals surface area contributed by atoms with Gasteiger partial charge in [0, 0.05) is 48.1 Å². The summed E-state index contributed by atoms with van der Waals surface area (Å²) in [6.07, 6.45) is 7.28. The molecule has 3 rings (SSSR count). The highest BCUT2D eigenvalue weighted by molar-refractivity contribution is 5.86. The molecule has 6 heteroatoms. The van der Waals surface area contributed by atoms with Gasteiger partial charge in [-0.1, -0.05) is 0 Å². The molecule has 0 bridgehead atoms. The number of benzene rings is 1. The lowest BCUT2D eigenvalue weighted by Crippen LogP contribution is -2.41. The predicted octanol–water partition coefficient (Wildman–Crippen LogP) is 2.07. The number of rotatable bonds is 5. The first-order valence-corrected chi connectivity index (χ1v) is 7.62. The lowest BCUT2D eigenvalue weighted by Gasteiger charge is -2.33. The minimum absolute atomic E-state index is 0.408. The summed E-state index contributed by atoms with van der Waals surface area (Å²) in [4.78, 5) is 9.87. The fourth-order valence-corrected chi connectivity index (χ4v) is 2.94. The number of nitrogens with one attached hydrogen (secondary N) is 3. The minimum atomic E-state index is 0.408. The molecule has 1 atom stereocenters. The van der Waals surface area contributed by atoms with Crippen molar-refractivity contribution in [1.82, 2.24) is 14.9 Å². The Labute approximate surface area is 130 Å². The highest BCUT2D eigenvalue weighted by atomic mass is 15.2. The van der Waals surface area contributed by atoms with Gasteiger partial charge in [-0.3, -0.25) is 4.90 Å². The number of likely N-dealkylation sites (tertiary alicyclic amines) is 1. The van der Waals surface area contributed by atoms with Crippen molar-refractivity contribution < 1.29 is 0 Å². The van der Waals surface area contributed by atoms with E-state index in [1.807, 2.05) is 24.4 Å². The van der Waals surface area contributed by atoms with Gasteiger partial charge in [0.2, 0.25) is 0 Å². The van der Waals surface area contributed by atoms with E-state index >= 15 is 0 Å². The smallest absolute Gasteiger partial charge is 0.120 e. The average Bonchev–Trinajstić information content (AvgIpc) is 3.02. The number of nitrogens with zero attached hydrogens (tertiary/aromatic N) is 2. The zero-order chi connectivity index (χ0) is 15.4. The van der Waals surface area contributed by atoms with Crippen molar-refractivity contribution in [2.24, 2.45) is 0 Å². The Kier molecular flexibility index (Phi) is 4.39. The van der Waals surface area contributed by atoms with Crippen LogP contribution in [0.3, 0.4) is 0 Å². The third kappa shape index (κ3) is 3.46. The van der Waals surface area contributed by atoms with E-state index in [1.165, 1.54) is 12.6 Å². The SMILES string of the molecule is N=Cc1cc(N[C@H]2CCCN(Cc3ncc[nH]3)C2)ccc1N. The topological polar surface area (TPSA) is 93.8 Å². The number of hydrogen-bond donors (Lipinski definition) is 4. The van der Waals surface area contributed by atoms with E-state index in [-0.39, 0.29) is 0 Å². The summed E-state index contributed by atoms with van der Waals surface area (Å²) in [6, 6.07) is 6.18. The molecule has 0 unspecified atom stereocenters. The van der Waals surface area contributed by atoms with Crippen LogP contribution >= 0.6 is 0 Å². The normalized spacial score (nSPS) is 19.0. The number of hydrogen-bond acceptors (Lipinski definition) is 5. The molecule has 5 N–H and O–H groups in total. The molecule has 0 spiro atoms. The zero-order valence-corrected chi connectivity index (χ0v) is 12.5. The van der Waals surface area contributed by atoms with E-state index in [9.17, 15) is 0 Å². The number of nitrogens with two attached hydrogens (primary N) is 1. The quantitative estimate of drug-likeness (QED) is 0.502. The molecule has 1 fully saturated rings. The van der Waals surface area contributed by atoms with Gasteiger partial charge in [-0.05, 0) is 37.6 Å². The summed E-state index contributed by atoms with van der Waals surface area (Å²) < 4.78 is 0. The largest absolute Gasteiger partial charge is 0.398 e. The molecule has 2 heterocycles. The van der Waals surface area contributed by atoms with Crippen LogP contribution in [0.15, 0.2) is 30.6 Å². The molecule has 6 nitrogen and oxygen atoms in total. The maximum atomic E-state index is 7.39. The van der Waals surface area contributed by atoms with Crippen LogP contribution in [0.2, 0.25) is 0 Å². The molecule has 116 valence electrons. The highest BCUT2D eigenvalue weighted by Crippen LogP contribution is 2.20. The van der Waals surface area contributed by atoms with Gasteiger partial charge in [-0.2, -0.15) is 0 Å². The number of anilines is 2. The van der Waals surface area contributed by atoms with Gasteiger partial charge in [0.05, 0.1) is 6.54 Å². The lowest BCUT2D eigenvalue weighted by molar-refractivity contribution is 0.204. The molecule has 1 aliphatic rings. The molecular formula is C16H22N6. The van der Waals surface area contributed by atoms with Gasteiger partial charge in [0.25, 0.3) is 0 Å². The minimum Gasteiger partial charge on any atom is -0.398 e. The van der Waals surface area contributed by atoms with Crippen LogP contribution in [0.4, 0.5) is 11.4 Å². The Morgan fingerprint density at radius 2 is 2.41 bits per heavy atom. The number of H-pyrrole nitrogens is 1. The Morgan fingerprint density at radius 3 is 3.18 bits per heavy atom. The van der Waals surface area contributed by atoms with Gasteiger partial charge >= 0.3 is 0 Å². The lowest BCUT2D eigenvalue weighted by atomic mass is 10.0. The highest BCUT2D eigenvalue weighted by Gasteiger charge is 2.20. The number of piperidine rings is 1. The van der Waals surface area contributed by atoms with Crippen LogP contribution in [-0.2, 0) is 6.54 Å². The molecule has 0 radical (unpaired) electrons. The first-order valence-electron chi connectivity index (χ1n) is 7.62. The predicted molar refractivity (Wildman–Crippen MR) is 89.2 cm³/mol. The summed E-state index contributed by atoms with van der Waals surface area (Å²) in [7, 11) is 0. The van der Waals surface area contributed by atoms with Crippen molar-refractivity contribution in [3.63, 3.8) is 0 Å². The maximum absolute atomic E-state index is 7.39. The molecule has 1 aromatic carbocycles. The third-order valence-electron chi connectivity index (χ3n) is 4.05. The van der Waals surface area contributed by atoms with E-state index in [4.69, 9.17) is 11.1 Å². The summed E-state index contributed by atoms with van der Waals surface area (Å²) in [5.74, 6) is 1.01. The van der Waals surface area contributed by atoms with Crippen LogP contribution < -0.4 is 11.1 Å². The second kappa shape index (κ2) is 6.62. The Morgan fingerprint density at radius 1 is 1.50 bits per heavy atom. The molecule has 0 aliphatic carbocycles. The van der Waals surface area contributed by atoms with Crippen LogP contribution in [0.5, 0.6) is 0 Å². The van der Waals surface area contributed by atoms with Gasteiger partial charge in [-0.25, -0.2) is 4.98 Å². The van der Waals surface area contributed by atoms with Crippen molar-refractivity contribution in [2.45, 2.75) is 25.4 Å². The van der Waals surface area contributed by atoms with Crippen molar-refractivity contribution in [3.05, 3.63) is 42.0 Å². The van der Waals surface area contributed by atoms with E-state index in [0.29, 0.717) is 11.7 Å².